The molecule has 1 aliphatic rings. The first-order chi connectivity index (χ1) is 8.81. The van der Waals surface area contributed by atoms with E-state index in [9.17, 15) is 0 Å². The molecule has 0 unspecified atom stereocenters. The number of piperidine rings is 1. The quantitative estimate of drug-likeness (QED) is 0.784. The number of hydrogen-bond donors (Lipinski definition) is 0. The van der Waals surface area contributed by atoms with Crippen molar-refractivity contribution in [1.82, 2.24) is 9.88 Å². The summed E-state index contributed by atoms with van der Waals surface area (Å²) in [6, 6.07) is 4.17. The van der Waals surface area contributed by atoms with Crippen LogP contribution in [0.5, 0.6) is 0 Å². The summed E-state index contributed by atoms with van der Waals surface area (Å²) in [6.07, 6.45) is 3.94. The van der Waals surface area contributed by atoms with Crippen LogP contribution in [0.1, 0.15) is 18.5 Å². The van der Waals surface area contributed by atoms with E-state index in [1.54, 1.807) is 0 Å². The second-order valence-corrected chi connectivity index (χ2v) is 11.7. The van der Waals surface area contributed by atoms with Gasteiger partial charge >= 0.3 is 0 Å². The van der Waals surface area contributed by atoms with Gasteiger partial charge in [-0.2, -0.15) is 0 Å². The minimum absolute atomic E-state index is 0.183. The fourth-order valence-corrected chi connectivity index (χ4v) is 4.34. The van der Waals surface area contributed by atoms with Gasteiger partial charge in [-0.15, -0.1) is 0 Å². The third kappa shape index (κ3) is 3.87. The molecule has 106 valence electrons. The van der Waals surface area contributed by atoms with Crippen LogP contribution >= 0.6 is 15.9 Å². The fourth-order valence-electron chi connectivity index (χ4n) is 2.62. The Morgan fingerprint density at radius 1 is 1.26 bits per heavy atom. The minimum atomic E-state index is -1.61. The summed E-state index contributed by atoms with van der Waals surface area (Å²) in [5.74, 6) is 0. The summed E-state index contributed by atoms with van der Waals surface area (Å²) in [7, 11) is 0.568. The van der Waals surface area contributed by atoms with Crippen molar-refractivity contribution in [3.8, 4) is 0 Å². The lowest BCUT2D eigenvalue weighted by molar-refractivity contribution is -0.00681. The molecule has 1 aliphatic heterocycles. The molecule has 0 aromatic carbocycles. The number of rotatable bonds is 3. The van der Waals surface area contributed by atoms with Crippen molar-refractivity contribution < 1.29 is 4.43 Å². The molecule has 5 heteroatoms. The van der Waals surface area contributed by atoms with E-state index in [0.29, 0.717) is 0 Å². The normalized spacial score (nSPS) is 20.5. The first kappa shape index (κ1) is 15.2. The van der Waals surface area contributed by atoms with Gasteiger partial charge in [0.15, 0.2) is 8.32 Å². The van der Waals surface area contributed by atoms with E-state index >= 15 is 0 Å². The number of nitrogens with zero attached hydrogens (tertiary/aromatic N) is 2. The summed E-state index contributed by atoms with van der Waals surface area (Å²) >= 11 is 3.46. The lowest BCUT2D eigenvalue weighted by Gasteiger charge is -2.44. The second kappa shape index (κ2) is 5.64. The van der Waals surface area contributed by atoms with E-state index in [-0.39, 0.29) is 5.60 Å². The molecule has 0 atom stereocenters. The van der Waals surface area contributed by atoms with E-state index in [4.69, 9.17) is 4.43 Å². The highest BCUT2D eigenvalue weighted by Crippen LogP contribution is 2.38. The lowest BCUT2D eigenvalue weighted by Crippen LogP contribution is -2.48. The first-order valence-corrected chi connectivity index (χ1v) is 11.0. The van der Waals surface area contributed by atoms with Crippen LogP contribution in [0.15, 0.2) is 22.8 Å². The molecule has 3 nitrogen and oxygen atoms in total. The Labute approximate surface area is 125 Å². The van der Waals surface area contributed by atoms with Gasteiger partial charge in [0.25, 0.3) is 0 Å². The van der Waals surface area contributed by atoms with Crippen molar-refractivity contribution in [2.45, 2.75) is 38.1 Å². The predicted molar refractivity (Wildman–Crippen MR) is 84.8 cm³/mol. The van der Waals surface area contributed by atoms with Crippen molar-refractivity contribution in [3.63, 3.8) is 0 Å². The number of aromatic nitrogens is 1. The van der Waals surface area contributed by atoms with Crippen LogP contribution in [-0.4, -0.2) is 38.3 Å². The Balaban J connectivity index is 2.31. The summed E-state index contributed by atoms with van der Waals surface area (Å²) in [5, 5.41) is 0. The van der Waals surface area contributed by atoms with Crippen molar-refractivity contribution in [2.75, 3.05) is 20.1 Å². The van der Waals surface area contributed by atoms with Gasteiger partial charge in [-0.05, 0) is 67.6 Å². The topological polar surface area (TPSA) is 25.4 Å². The molecule has 0 radical (unpaired) electrons. The van der Waals surface area contributed by atoms with E-state index in [0.717, 1.165) is 36.1 Å². The number of halogens is 1. The van der Waals surface area contributed by atoms with Crippen LogP contribution < -0.4 is 0 Å². The number of likely N-dealkylation sites (tertiary alicyclic amines) is 1. The smallest absolute Gasteiger partial charge is 0.185 e. The Morgan fingerprint density at radius 2 is 1.89 bits per heavy atom. The first-order valence-electron chi connectivity index (χ1n) is 6.82. The van der Waals surface area contributed by atoms with Crippen LogP contribution in [-0.2, 0) is 10.0 Å². The van der Waals surface area contributed by atoms with Crippen LogP contribution in [0, 0.1) is 0 Å². The Morgan fingerprint density at radius 3 is 2.37 bits per heavy atom. The molecule has 1 aromatic heterocycles. The van der Waals surface area contributed by atoms with Crippen molar-refractivity contribution in [2.24, 2.45) is 0 Å². The average Bonchev–Trinajstić information content (AvgIpc) is 2.31. The third-order valence-corrected chi connectivity index (χ3v) is 4.96. The molecule has 0 N–H and O–H groups in total. The van der Waals surface area contributed by atoms with Gasteiger partial charge in [0, 0.05) is 23.8 Å². The molecule has 1 fully saturated rings. The van der Waals surface area contributed by atoms with Crippen molar-refractivity contribution >= 4 is 24.2 Å². The summed E-state index contributed by atoms with van der Waals surface area (Å²) in [4.78, 5) is 6.98. The summed E-state index contributed by atoms with van der Waals surface area (Å²) in [6.45, 7) is 8.91. The Hall–Kier alpha value is -0.233. The van der Waals surface area contributed by atoms with Crippen LogP contribution in [0.25, 0.3) is 0 Å². The molecule has 0 spiro atoms. The molecule has 0 aliphatic carbocycles. The maximum Gasteiger partial charge on any atom is 0.185 e. The van der Waals surface area contributed by atoms with Gasteiger partial charge in [-0.25, -0.2) is 0 Å². The predicted octanol–water partition coefficient (Wildman–Crippen LogP) is 3.62. The number of hydrogen-bond acceptors (Lipinski definition) is 3. The zero-order valence-electron chi connectivity index (χ0n) is 12.2. The van der Waals surface area contributed by atoms with E-state index in [1.165, 1.54) is 0 Å². The molecule has 1 saturated heterocycles. The monoisotopic (exact) mass is 342 g/mol. The molecular weight excluding hydrogens is 320 g/mol. The molecular formula is C14H23BrN2OSi. The molecule has 0 saturated carbocycles. The van der Waals surface area contributed by atoms with Crippen molar-refractivity contribution in [1.29, 1.82) is 0 Å². The molecule has 2 heterocycles. The number of pyridine rings is 1. The fraction of sp³-hybridized carbons (Fsp3) is 0.643. The molecule has 19 heavy (non-hydrogen) atoms. The highest BCUT2D eigenvalue weighted by atomic mass is 79.9. The lowest BCUT2D eigenvalue weighted by atomic mass is 9.88. The summed E-state index contributed by atoms with van der Waals surface area (Å²) in [5.41, 5.74) is 0.906. The zero-order valence-corrected chi connectivity index (χ0v) is 14.8. The molecule has 1 aromatic rings. The molecule has 0 bridgehead atoms. The Kier molecular flexibility index (Phi) is 4.50. The standard InChI is InChI=1S/C14H23BrN2OSi/c1-17-9-7-14(8-10-17,18-19(2,3)4)13-6-5-12(15)11-16-13/h5-6,11H,7-10H2,1-4H3. The molecule has 0 amide bonds. The maximum absolute atomic E-state index is 6.57. The van der Waals surface area contributed by atoms with E-state index in [1.807, 2.05) is 6.20 Å². The van der Waals surface area contributed by atoms with Crippen LogP contribution in [0.3, 0.4) is 0 Å². The largest absolute Gasteiger partial charge is 0.406 e. The van der Waals surface area contributed by atoms with E-state index < -0.39 is 8.32 Å². The SMILES string of the molecule is CN1CCC(O[Si](C)(C)C)(c2ccc(Br)cn2)CC1. The highest BCUT2D eigenvalue weighted by Gasteiger charge is 2.40. The van der Waals surface area contributed by atoms with Gasteiger partial charge < -0.3 is 9.33 Å². The minimum Gasteiger partial charge on any atom is -0.406 e. The summed E-state index contributed by atoms with van der Waals surface area (Å²) < 4.78 is 7.60. The second-order valence-electron chi connectivity index (χ2n) is 6.37. The van der Waals surface area contributed by atoms with E-state index in [2.05, 4.69) is 64.6 Å². The van der Waals surface area contributed by atoms with Crippen molar-refractivity contribution in [3.05, 3.63) is 28.5 Å². The van der Waals surface area contributed by atoms with Crippen LogP contribution in [0.2, 0.25) is 19.6 Å². The highest BCUT2D eigenvalue weighted by molar-refractivity contribution is 9.10. The third-order valence-electron chi connectivity index (χ3n) is 3.49. The van der Waals surface area contributed by atoms with Gasteiger partial charge in [0.05, 0.1) is 5.69 Å². The van der Waals surface area contributed by atoms with Gasteiger partial charge in [0.2, 0.25) is 0 Å². The Bertz CT molecular complexity index is 422. The maximum atomic E-state index is 6.57. The zero-order chi connectivity index (χ0) is 14.1. The van der Waals surface area contributed by atoms with Gasteiger partial charge in [-0.1, -0.05) is 0 Å². The molecule has 2 rings (SSSR count). The van der Waals surface area contributed by atoms with Gasteiger partial charge in [-0.3, -0.25) is 4.98 Å². The average molecular weight is 343 g/mol. The van der Waals surface area contributed by atoms with Gasteiger partial charge in [0.1, 0.15) is 5.60 Å². The van der Waals surface area contributed by atoms with Crippen LogP contribution in [0.4, 0.5) is 0 Å².